The smallest absolute Gasteiger partial charge is 0.323 e. The highest BCUT2D eigenvalue weighted by molar-refractivity contribution is 6.04. The summed E-state index contributed by atoms with van der Waals surface area (Å²) in [4.78, 5) is 37.3. The molecule has 0 spiro atoms. The monoisotopic (exact) mass is 368 g/mol. The Kier molecular flexibility index (Phi) is 5.40. The van der Waals surface area contributed by atoms with E-state index >= 15 is 0 Å². The molecule has 1 atom stereocenters. The lowest BCUT2D eigenvalue weighted by atomic mass is 10.1. The second-order valence-corrected chi connectivity index (χ2v) is 6.29. The number of amides is 2. The van der Waals surface area contributed by atoms with E-state index in [2.05, 4.69) is 5.32 Å². The van der Waals surface area contributed by atoms with Crippen molar-refractivity contribution < 1.29 is 24.2 Å². The van der Waals surface area contributed by atoms with E-state index in [1.807, 2.05) is 30.3 Å². The Bertz CT molecular complexity index is 866. The van der Waals surface area contributed by atoms with Crippen LogP contribution in [-0.4, -0.2) is 47.0 Å². The zero-order chi connectivity index (χ0) is 19.4. The van der Waals surface area contributed by atoms with Gasteiger partial charge in [0.25, 0.3) is 11.8 Å². The summed E-state index contributed by atoms with van der Waals surface area (Å²) < 4.78 is 5.61. The average molecular weight is 368 g/mol. The minimum Gasteiger partial charge on any atom is -0.480 e. The molecule has 0 saturated heterocycles. The van der Waals surface area contributed by atoms with Crippen LogP contribution in [0.2, 0.25) is 0 Å². The minimum absolute atomic E-state index is 0.230. The van der Waals surface area contributed by atoms with E-state index in [0.29, 0.717) is 12.1 Å². The molecule has 0 aromatic heterocycles. The number of aliphatic carboxylic acids is 1. The number of nitrogens with zero attached hydrogens (tertiary/aromatic N) is 1. The van der Waals surface area contributed by atoms with Crippen LogP contribution in [0.3, 0.4) is 0 Å². The fourth-order valence-electron chi connectivity index (χ4n) is 2.89. The molecule has 1 aliphatic heterocycles. The van der Waals surface area contributed by atoms with Crippen LogP contribution in [0.25, 0.3) is 0 Å². The van der Waals surface area contributed by atoms with Gasteiger partial charge in [-0.15, -0.1) is 0 Å². The number of nitrogens with one attached hydrogen (secondary N) is 1. The molecule has 3 rings (SSSR count). The lowest BCUT2D eigenvalue weighted by Gasteiger charge is -2.27. The van der Waals surface area contributed by atoms with Gasteiger partial charge in [0.2, 0.25) is 0 Å². The molecule has 0 fully saturated rings. The highest BCUT2D eigenvalue weighted by Crippen LogP contribution is 2.34. The maximum Gasteiger partial charge on any atom is 0.323 e. The van der Waals surface area contributed by atoms with Crippen molar-refractivity contribution in [1.29, 1.82) is 0 Å². The van der Waals surface area contributed by atoms with E-state index in [1.54, 1.807) is 25.1 Å². The number of ether oxygens (including phenoxy) is 1. The predicted octanol–water partition coefficient (Wildman–Crippen LogP) is 2.18. The number of hydrogen-bond acceptors (Lipinski definition) is 4. The molecule has 27 heavy (non-hydrogen) atoms. The summed E-state index contributed by atoms with van der Waals surface area (Å²) in [5, 5.41) is 11.9. The van der Waals surface area contributed by atoms with Crippen molar-refractivity contribution in [2.75, 3.05) is 18.4 Å². The molecule has 140 valence electrons. The maximum absolute atomic E-state index is 13.0. The van der Waals surface area contributed by atoms with Gasteiger partial charge in [-0.05, 0) is 31.0 Å². The van der Waals surface area contributed by atoms with Crippen molar-refractivity contribution in [3.63, 3.8) is 0 Å². The molecule has 0 unspecified atom stereocenters. The summed E-state index contributed by atoms with van der Waals surface area (Å²) >= 11 is 0. The number of para-hydroxylation sites is 1. The molecule has 2 amide bonds. The number of anilines is 1. The molecular weight excluding hydrogens is 348 g/mol. The first-order valence-corrected chi connectivity index (χ1v) is 8.61. The lowest BCUT2D eigenvalue weighted by Crippen LogP contribution is -2.39. The van der Waals surface area contributed by atoms with Crippen LogP contribution in [0.5, 0.6) is 5.75 Å². The Balaban J connectivity index is 1.85. The zero-order valence-electron chi connectivity index (χ0n) is 14.8. The molecule has 1 aliphatic rings. The van der Waals surface area contributed by atoms with E-state index in [1.165, 1.54) is 4.90 Å². The third-order valence-corrected chi connectivity index (χ3v) is 4.29. The lowest BCUT2D eigenvalue weighted by molar-refractivity contribution is -0.137. The summed E-state index contributed by atoms with van der Waals surface area (Å²) in [5.41, 5.74) is 1.64. The standard InChI is InChI=1S/C20H20N2O5/c1-13-19(25)21-16-9-5-8-15(18(16)27-13)20(26)22(12-17(23)24)11-10-14-6-3-2-4-7-14/h2-9,13H,10-12H2,1H3,(H,21,25)(H,23,24)/t13-/m1/s1. The van der Waals surface area contributed by atoms with Gasteiger partial charge in [0, 0.05) is 6.54 Å². The Hall–Kier alpha value is -3.35. The van der Waals surface area contributed by atoms with E-state index < -0.39 is 24.5 Å². The minimum atomic E-state index is -1.09. The van der Waals surface area contributed by atoms with Crippen LogP contribution in [0.1, 0.15) is 22.8 Å². The number of fused-ring (bicyclic) bond motifs is 1. The summed E-state index contributed by atoms with van der Waals surface area (Å²) in [6.45, 7) is 1.42. The van der Waals surface area contributed by atoms with Crippen molar-refractivity contribution in [3.8, 4) is 5.75 Å². The largest absolute Gasteiger partial charge is 0.480 e. The third-order valence-electron chi connectivity index (χ3n) is 4.29. The molecule has 0 radical (unpaired) electrons. The summed E-state index contributed by atoms with van der Waals surface area (Å²) in [5.74, 6) is -1.57. The normalized spacial score (nSPS) is 15.3. The summed E-state index contributed by atoms with van der Waals surface area (Å²) in [6, 6.07) is 14.4. The van der Waals surface area contributed by atoms with E-state index in [4.69, 9.17) is 4.74 Å². The van der Waals surface area contributed by atoms with Gasteiger partial charge >= 0.3 is 5.97 Å². The number of carbonyl (C=O) groups excluding carboxylic acids is 2. The van der Waals surface area contributed by atoms with Gasteiger partial charge in [-0.25, -0.2) is 0 Å². The van der Waals surface area contributed by atoms with Gasteiger partial charge in [0.15, 0.2) is 11.9 Å². The Morgan fingerprint density at radius 2 is 1.89 bits per heavy atom. The average Bonchev–Trinajstić information content (AvgIpc) is 2.65. The molecule has 7 heteroatoms. The molecule has 2 aromatic carbocycles. The first-order chi connectivity index (χ1) is 13.0. The summed E-state index contributed by atoms with van der Waals surface area (Å²) in [7, 11) is 0. The molecule has 1 heterocycles. The van der Waals surface area contributed by atoms with Gasteiger partial charge in [0.1, 0.15) is 6.54 Å². The van der Waals surface area contributed by atoms with Crippen molar-refractivity contribution in [2.24, 2.45) is 0 Å². The van der Waals surface area contributed by atoms with Crippen LogP contribution in [0.4, 0.5) is 5.69 Å². The van der Waals surface area contributed by atoms with Crippen LogP contribution in [-0.2, 0) is 16.0 Å². The first kappa shape index (κ1) is 18.4. The molecular formula is C20H20N2O5. The number of carbonyl (C=O) groups is 3. The number of rotatable bonds is 6. The second kappa shape index (κ2) is 7.90. The molecule has 7 nitrogen and oxygen atoms in total. The van der Waals surface area contributed by atoms with Crippen LogP contribution in [0, 0.1) is 0 Å². The van der Waals surface area contributed by atoms with Crippen LogP contribution in [0.15, 0.2) is 48.5 Å². The van der Waals surface area contributed by atoms with Crippen molar-refractivity contribution in [1.82, 2.24) is 4.90 Å². The molecule has 0 bridgehead atoms. The number of benzene rings is 2. The van der Waals surface area contributed by atoms with E-state index in [-0.39, 0.29) is 23.8 Å². The Labute approximate surface area is 156 Å². The van der Waals surface area contributed by atoms with Crippen molar-refractivity contribution >= 4 is 23.5 Å². The number of hydrogen-bond donors (Lipinski definition) is 2. The van der Waals surface area contributed by atoms with E-state index in [0.717, 1.165) is 5.56 Å². The van der Waals surface area contributed by atoms with Crippen LogP contribution < -0.4 is 10.1 Å². The van der Waals surface area contributed by atoms with Gasteiger partial charge in [-0.1, -0.05) is 36.4 Å². The zero-order valence-corrected chi connectivity index (χ0v) is 14.8. The fraction of sp³-hybridized carbons (Fsp3) is 0.250. The summed E-state index contributed by atoms with van der Waals surface area (Å²) in [6.07, 6.45) is -0.202. The Morgan fingerprint density at radius 1 is 1.15 bits per heavy atom. The predicted molar refractivity (Wildman–Crippen MR) is 98.8 cm³/mol. The van der Waals surface area contributed by atoms with Crippen molar-refractivity contribution in [2.45, 2.75) is 19.4 Å². The fourth-order valence-corrected chi connectivity index (χ4v) is 2.89. The second-order valence-electron chi connectivity index (χ2n) is 6.29. The van der Waals surface area contributed by atoms with Gasteiger partial charge in [0.05, 0.1) is 11.3 Å². The number of carboxylic acids is 1. The van der Waals surface area contributed by atoms with Gasteiger partial charge < -0.3 is 20.1 Å². The SMILES string of the molecule is C[C@H]1Oc2c(cccc2C(=O)N(CCc2ccccc2)CC(=O)O)NC1=O. The topological polar surface area (TPSA) is 95.9 Å². The third kappa shape index (κ3) is 4.25. The van der Waals surface area contributed by atoms with Crippen LogP contribution >= 0.6 is 0 Å². The molecule has 0 aliphatic carbocycles. The Morgan fingerprint density at radius 3 is 2.59 bits per heavy atom. The van der Waals surface area contributed by atoms with Gasteiger partial charge in [-0.3, -0.25) is 14.4 Å². The van der Waals surface area contributed by atoms with Gasteiger partial charge in [-0.2, -0.15) is 0 Å². The molecule has 2 N–H and O–H groups in total. The highest BCUT2D eigenvalue weighted by Gasteiger charge is 2.29. The highest BCUT2D eigenvalue weighted by atomic mass is 16.5. The molecule has 2 aromatic rings. The molecule has 0 saturated carbocycles. The first-order valence-electron chi connectivity index (χ1n) is 8.61. The maximum atomic E-state index is 13.0. The number of carboxylic acid groups (broad SMARTS) is 1. The van der Waals surface area contributed by atoms with E-state index in [9.17, 15) is 19.5 Å². The quantitative estimate of drug-likeness (QED) is 0.815. The van der Waals surface area contributed by atoms with Crippen molar-refractivity contribution in [3.05, 3.63) is 59.7 Å².